The number of carboxylic acid groups (broad SMARTS) is 1. The molecule has 1 unspecified atom stereocenters. The highest BCUT2D eigenvalue weighted by atomic mass is 16.4. The van der Waals surface area contributed by atoms with Crippen LogP contribution in [0.5, 0.6) is 0 Å². The zero-order chi connectivity index (χ0) is 13.5. The minimum absolute atomic E-state index is 0.387. The lowest BCUT2D eigenvalue weighted by atomic mass is 10.2. The minimum Gasteiger partial charge on any atom is -0.479 e. The number of carboxylic acids is 1. The highest BCUT2D eigenvalue weighted by molar-refractivity contribution is 5.89. The molecule has 7 nitrogen and oxygen atoms in total. The Labute approximate surface area is 103 Å². The van der Waals surface area contributed by atoms with E-state index in [1.165, 1.54) is 6.07 Å². The van der Waals surface area contributed by atoms with Crippen LogP contribution in [0, 0.1) is 11.3 Å². The van der Waals surface area contributed by atoms with Crippen LogP contribution in [0.15, 0.2) is 24.3 Å². The standard InChI is InChI=1S/C11H11N3O4/c12-5-7-2-1-3-8(4-7)14-11(18)13-6-9(15)10(16)17/h1-4,9,15H,6H2,(H,16,17)(H2,13,14,18). The van der Waals surface area contributed by atoms with Crippen LogP contribution in [0.3, 0.4) is 0 Å². The number of nitriles is 1. The fourth-order valence-corrected chi connectivity index (χ4v) is 1.12. The SMILES string of the molecule is N#Cc1cccc(NC(=O)NCC(O)C(=O)O)c1. The quantitative estimate of drug-likeness (QED) is 0.603. The molecule has 0 aliphatic carbocycles. The van der Waals surface area contributed by atoms with Gasteiger partial charge in [-0.1, -0.05) is 6.07 Å². The minimum atomic E-state index is -1.65. The fraction of sp³-hybridized carbons (Fsp3) is 0.182. The van der Waals surface area contributed by atoms with Gasteiger partial charge in [0.05, 0.1) is 18.2 Å². The summed E-state index contributed by atoms with van der Waals surface area (Å²) < 4.78 is 0. The first-order valence-electron chi connectivity index (χ1n) is 4.99. The van der Waals surface area contributed by atoms with Crippen LogP contribution >= 0.6 is 0 Å². The van der Waals surface area contributed by atoms with Crippen molar-refractivity contribution in [1.82, 2.24) is 5.32 Å². The van der Waals surface area contributed by atoms with Crippen LogP contribution in [0.4, 0.5) is 10.5 Å². The van der Waals surface area contributed by atoms with E-state index < -0.39 is 24.6 Å². The summed E-state index contributed by atoms with van der Waals surface area (Å²) >= 11 is 0. The van der Waals surface area contributed by atoms with E-state index in [4.69, 9.17) is 15.5 Å². The van der Waals surface area contributed by atoms with Gasteiger partial charge in [-0.15, -0.1) is 0 Å². The van der Waals surface area contributed by atoms with Crippen LogP contribution in [0.25, 0.3) is 0 Å². The molecule has 0 heterocycles. The molecule has 0 aliphatic rings. The van der Waals surface area contributed by atoms with E-state index in [2.05, 4.69) is 10.6 Å². The topological polar surface area (TPSA) is 122 Å². The van der Waals surface area contributed by atoms with Crippen LogP contribution in [-0.2, 0) is 4.79 Å². The molecule has 0 aromatic heterocycles. The van der Waals surface area contributed by atoms with Gasteiger partial charge >= 0.3 is 12.0 Å². The molecule has 0 bridgehead atoms. The molecule has 0 saturated carbocycles. The van der Waals surface area contributed by atoms with E-state index in [1.54, 1.807) is 18.2 Å². The number of aliphatic carboxylic acids is 1. The number of carbonyl (C=O) groups excluding carboxylic acids is 1. The first-order valence-corrected chi connectivity index (χ1v) is 4.99. The number of rotatable bonds is 4. The predicted octanol–water partition coefficient (Wildman–Crippen LogP) is 0.125. The van der Waals surface area contributed by atoms with E-state index in [1.807, 2.05) is 6.07 Å². The number of nitrogens with zero attached hydrogens (tertiary/aromatic N) is 1. The summed E-state index contributed by atoms with van der Waals surface area (Å²) in [6, 6.07) is 7.48. The number of nitrogens with one attached hydrogen (secondary N) is 2. The molecule has 1 rings (SSSR count). The maximum atomic E-state index is 11.3. The van der Waals surface area contributed by atoms with E-state index in [9.17, 15) is 9.59 Å². The Morgan fingerprint density at radius 2 is 2.17 bits per heavy atom. The Morgan fingerprint density at radius 1 is 1.44 bits per heavy atom. The molecular weight excluding hydrogens is 238 g/mol. The van der Waals surface area contributed by atoms with Crippen molar-refractivity contribution >= 4 is 17.7 Å². The van der Waals surface area contributed by atoms with Crippen molar-refractivity contribution < 1.29 is 19.8 Å². The van der Waals surface area contributed by atoms with Gasteiger partial charge in [0.15, 0.2) is 6.10 Å². The number of urea groups is 1. The molecular formula is C11H11N3O4. The summed E-state index contributed by atoms with van der Waals surface area (Å²) in [5, 5.41) is 30.6. The van der Waals surface area contributed by atoms with Crippen LogP contribution in [0.2, 0.25) is 0 Å². The largest absolute Gasteiger partial charge is 0.479 e. The maximum Gasteiger partial charge on any atom is 0.334 e. The lowest BCUT2D eigenvalue weighted by molar-refractivity contribution is -0.146. The second-order valence-electron chi connectivity index (χ2n) is 3.38. The van der Waals surface area contributed by atoms with Crippen molar-refractivity contribution in [2.75, 3.05) is 11.9 Å². The van der Waals surface area contributed by atoms with E-state index >= 15 is 0 Å². The van der Waals surface area contributed by atoms with Gasteiger partial charge in [0.25, 0.3) is 0 Å². The summed E-state index contributed by atoms with van der Waals surface area (Å²) in [6.07, 6.45) is -1.65. The molecule has 0 saturated heterocycles. The summed E-state index contributed by atoms with van der Waals surface area (Å²) in [5.74, 6) is -1.42. The Kier molecular flexibility index (Phi) is 4.66. The predicted molar refractivity (Wildman–Crippen MR) is 61.8 cm³/mol. The third-order valence-corrected chi connectivity index (χ3v) is 1.99. The fourth-order valence-electron chi connectivity index (χ4n) is 1.12. The van der Waals surface area contributed by atoms with Crippen molar-refractivity contribution in [1.29, 1.82) is 5.26 Å². The number of aliphatic hydroxyl groups excluding tert-OH is 1. The van der Waals surface area contributed by atoms with Crippen LogP contribution < -0.4 is 10.6 Å². The Morgan fingerprint density at radius 3 is 2.78 bits per heavy atom. The molecule has 94 valence electrons. The average Bonchev–Trinajstić information content (AvgIpc) is 2.36. The summed E-state index contributed by atoms with van der Waals surface area (Å²) in [5.41, 5.74) is 0.787. The number of hydrogen-bond donors (Lipinski definition) is 4. The molecule has 18 heavy (non-hydrogen) atoms. The molecule has 4 N–H and O–H groups in total. The van der Waals surface area contributed by atoms with Crippen LogP contribution in [0.1, 0.15) is 5.56 Å². The number of hydrogen-bond acceptors (Lipinski definition) is 4. The van der Waals surface area contributed by atoms with Gasteiger partial charge in [0.1, 0.15) is 0 Å². The smallest absolute Gasteiger partial charge is 0.334 e. The highest BCUT2D eigenvalue weighted by Crippen LogP contribution is 2.09. The first-order chi connectivity index (χ1) is 8.52. The van der Waals surface area contributed by atoms with Gasteiger partial charge < -0.3 is 20.8 Å². The Bertz CT molecular complexity index is 495. The summed E-state index contributed by atoms with van der Waals surface area (Å²) in [4.78, 5) is 21.6. The number of anilines is 1. The lowest BCUT2D eigenvalue weighted by Crippen LogP contribution is -2.38. The number of carbonyl (C=O) groups is 2. The second-order valence-corrected chi connectivity index (χ2v) is 3.38. The van der Waals surface area contributed by atoms with Crippen molar-refractivity contribution in [3.05, 3.63) is 29.8 Å². The molecule has 0 radical (unpaired) electrons. The molecule has 7 heteroatoms. The zero-order valence-electron chi connectivity index (χ0n) is 9.25. The zero-order valence-corrected chi connectivity index (χ0v) is 9.25. The Hall–Kier alpha value is -2.59. The maximum absolute atomic E-state index is 11.3. The second kappa shape index (κ2) is 6.22. The molecule has 0 spiro atoms. The lowest BCUT2D eigenvalue weighted by Gasteiger charge is -2.09. The van der Waals surface area contributed by atoms with Gasteiger partial charge in [0, 0.05) is 5.69 Å². The van der Waals surface area contributed by atoms with E-state index in [0.717, 1.165) is 0 Å². The monoisotopic (exact) mass is 249 g/mol. The summed E-state index contributed by atoms with van der Waals surface area (Å²) in [6.45, 7) is -0.404. The van der Waals surface area contributed by atoms with Gasteiger partial charge in [0.2, 0.25) is 0 Å². The number of aliphatic hydroxyl groups is 1. The number of amides is 2. The van der Waals surface area contributed by atoms with Gasteiger partial charge in [-0.3, -0.25) is 0 Å². The van der Waals surface area contributed by atoms with Crippen molar-refractivity contribution in [2.24, 2.45) is 0 Å². The van der Waals surface area contributed by atoms with E-state index in [-0.39, 0.29) is 0 Å². The average molecular weight is 249 g/mol. The highest BCUT2D eigenvalue weighted by Gasteiger charge is 2.13. The summed E-state index contributed by atoms with van der Waals surface area (Å²) in [7, 11) is 0. The van der Waals surface area contributed by atoms with Gasteiger partial charge in [-0.25, -0.2) is 9.59 Å². The molecule has 0 fully saturated rings. The normalized spacial score (nSPS) is 11.1. The van der Waals surface area contributed by atoms with Crippen molar-refractivity contribution in [2.45, 2.75) is 6.10 Å². The third-order valence-electron chi connectivity index (χ3n) is 1.99. The molecule has 1 atom stereocenters. The Balaban J connectivity index is 2.50. The molecule has 0 aliphatic heterocycles. The van der Waals surface area contributed by atoms with Gasteiger partial charge in [-0.05, 0) is 18.2 Å². The van der Waals surface area contributed by atoms with Crippen molar-refractivity contribution in [3.63, 3.8) is 0 Å². The van der Waals surface area contributed by atoms with Crippen molar-refractivity contribution in [3.8, 4) is 6.07 Å². The molecule has 1 aromatic carbocycles. The molecule has 1 aromatic rings. The van der Waals surface area contributed by atoms with E-state index in [0.29, 0.717) is 11.3 Å². The van der Waals surface area contributed by atoms with Gasteiger partial charge in [-0.2, -0.15) is 5.26 Å². The van der Waals surface area contributed by atoms with Crippen LogP contribution in [-0.4, -0.2) is 34.9 Å². The third kappa shape index (κ3) is 4.11. The number of benzene rings is 1. The molecule has 2 amide bonds. The first kappa shape index (κ1) is 13.5.